The Bertz CT molecular complexity index is 1080. The Morgan fingerprint density at radius 3 is 2.68 bits per heavy atom. The Labute approximate surface area is 198 Å². The summed E-state index contributed by atoms with van der Waals surface area (Å²) in [6, 6.07) is 8.23. The average molecular weight is 469 g/mol. The number of amides is 2. The molecule has 0 N–H and O–H groups in total. The molecule has 3 heterocycles. The number of carbonyl (C=O) groups excluding carboxylic acids is 3. The number of esters is 1. The van der Waals surface area contributed by atoms with Crippen LogP contribution in [0.5, 0.6) is 0 Å². The first-order valence-corrected chi connectivity index (χ1v) is 11.6. The van der Waals surface area contributed by atoms with E-state index in [1.54, 1.807) is 43.0 Å². The van der Waals surface area contributed by atoms with E-state index in [0.717, 1.165) is 24.3 Å². The van der Waals surface area contributed by atoms with Crippen molar-refractivity contribution in [3.05, 3.63) is 53.5 Å². The molecule has 2 aromatic rings. The number of benzene rings is 1. The first kappa shape index (κ1) is 23.7. The van der Waals surface area contributed by atoms with E-state index in [-0.39, 0.29) is 30.5 Å². The van der Waals surface area contributed by atoms with E-state index in [1.165, 1.54) is 17.2 Å². The monoisotopic (exact) mass is 468 g/mol. The molecular weight excluding hydrogens is 439 g/mol. The summed E-state index contributed by atoms with van der Waals surface area (Å²) in [5.74, 6) is -0.909. The third kappa shape index (κ3) is 5.03. The molecule has 180 valence electrons. The summed E-state index contributed by atoms with van der Waals surface area (Å²) >= 11 is 0. The molecule has 1 aromatic heterocycles. The van der Waals surface area contributed by atoms with Crippen molar-refractivity contribution in [3.8, 4) is 0 Å². The number of pyridine rings is 1. The molecule has 2 aliphatic heterocycles. The second-order valence-corrected chi connectivity index (χ2v) is 8.65. The van der Waals surface area contributed by atoms with Crippen LogP contribution in [0.4, 0.5) is 15.9 Å². The highest BCUT2D eigenvalue weighted by molar-refractivity contribution is 6.00. The molecule has 0 spiro atoms. The van der Waals surface area contributed by atoms with Gasteiger partial charge in [-0.3, -0.25) is 9.59 Å². The molecule has 4 rings (SSSR count). The molecular formula is C25H29FN4O4. The lowest BCUT2D eigenvalue weighted by molar-refractivity contribution is -0.135. The predicted molar refractivity (Wildman–Crippen MR) is 125 cm³/mol. The highest BCUT2D eigenvalue weighted by Gasteiger charge is 2.38. The molecule has 0 saturated carbocycles. The molecule has 2 amide bonds. The standard InChI is InChI=1S/C25H29FN4O4/c1-3-34-25(33)18-6-8-22(27-15-18)28-9-4-10-29(12-11-28)24(32)19-14-23(31)30(16-19)21-7-5-17(2)13-20(21)26/h5-8,13,15,19H,3-4,9-12,14,16H2,1-2H3. The Morgan fingerprint density at radius 2 is 1.97 bits per heavy atom. The molecule has 1 aromatic carbocycles. The van der Waals surface area contributed by atoms with E-state index in [0.29, 0.717) is 31.8 Å². The predicted octanol–water partition coefficient (Wildman–Crippen LogP) is 2.80. The summed E-state index contributed by atoms with van der Waals surface area (Å²) in [4.78, 5) is 47.3. The number of hydrogen-bond acceptors (Lipinski definition) is 6. The number of anilines is 2. The summed E-state index contributed by atoms with van der Waals surface area (Å²) in [5, 5.41) is 0. The minimum atomic E-state index is -0.485. The van der Waals surface area contributed by atoms with Crippen LogP contribution >= 0.6 is 0 Å². The first-order chi connectivity index (χ1) is 16.4. The van der Waals surface area contributed by atoms with E-state index in [2.05, 4.69) is 9.88 Å². The summed E-state index contributed by atoms with van der Waals surface area (Å²) in [7, 11) is 0. The zero-order valence-corrected chi connectivity index (χ0v) is 19.5. The second-order valence-electron chi connectivity index (χ2n) is 8.65. The van der Waals surface area contributed by atoms with Gasteiger partial charge in [-0.25, -0.2) is 14.2 Å². The van der Waals surface area contributed by atoms with Gasteiger partial charge in [-0.15, -0.1) is 0 Å². The van der Waals surface area contributed by atoms with Crippen molar-refractivity contribution in [1.82, 2.24) is 9.88 Å². The Morgan fingerprint density at radius 1 is 1.15 bits per heavy atom. The normalized spacial score (nSPS) is 18.7. The summed E-state index contributed by atoms with van der Waals surface area (Å²) < 4.78 is 19.4. The first-order valence-electron chi connectivity index (χ1n) is 11.6. The SMILES string of the molecule is CCOC(=O)c1ccc(N2CCCN(C(=O)C3CC(=O)N(c4ccc(C)cc4F)C3)CC2)nc1. The van der Waals surface area contributed by atoms with Crippen molar-refractivity contribution in [1.29, 1.82) is 0 Å². The van der Waals surface area contributed by atoms with Crippen molar-refractivity contribution in [2.24, 2.45) is 5.92 Å². The minimum Gasteiger partial charge on any atom is -0.462 e. The molecule has 2 saturated heterocycles. The summed E-state index contributed by atoms with van der Waals surface area (Å²) in [6.07, 6.45) is 2.34. The highest BCUT2D eigenvalue weighted by atomic mass is 19.1. The van der Waals surface area contributed by atoms with Gasteiger partial charge >= 0.3 is 5.97 Å². The van der Waals surface area contributed by atoms with E-state index in [4.69, 9.17) is 4.74 Å². The van der Waals surface area contributed by atoms with Crippen LogP contribution in [0, 0.1) is 18.7 Å². The lowest BCUT2D eigenvalue weighted by Gasteiger charge is -2.25. The van der Waals surface area contributed by atoms with Crippen LogP contribution in [0.1, 0.15) is 35.7 Å². The van der Waals surface area contributed by atoms with Crippen molar-refractivity contribution in [2.45, 2.75) is 26.7 Å². The van der Waals surface area contributed by atoms with Gasteiger partial charge in [0.05, 0.1) is 23.8 Å². The van der Waals surface area contributed by atoms with Gasteiger partial charge in [0.15, 0.2) is 0 Å². The summed E-state index contributed by atoms with van der Waals surface area (Å²) in [5.41, 5.74) is 1.41. The second kappa shape index (κ2) is 10.2. The largest absolute Gasteiger partial charge is 0.462 e. The molecule has 1 unspecified atom stereocenters. The van der Waals surface area contributed by atoms with Crippen LogP contribution in [0.3, 0.4) is 0 Å². The fraction of sp³-hybridized carbons (Fsp3) is 0.440. The van der Waals surface area contributed by atoms with Gasteiger partial charge in [0.1, 0.15) is 11.6 Å². The fourth-order valence-electron chi connectivity index (χ4n) is 4.47. The number of halogens is 1. The zero-order valence-electron chi connectivity index (χ0n) is 19.5. The number of hydrogen-bond donors (Lipinski definition) is 0. The Hall–Kier alpha value is -3.49. The molecule has 8 nitrogen and oxygen atoms in total. The smallest absolute Gasteiger partial charge is 0.339 e. The molecule has 0 aliphatic carbocycles. The van der Waals surface area contributed by atoms with Crippen molar-refractivity contribution in [3.63, 3.8) is 0 Å². The van der Waals surface area contributed by atoms with Crippen molar-refractivity contribution < 1.29 is 23.5 Å². The van der Waals surface area contributed by atoms with Crippen LogP contribution in [0.2, 0.25) is 0 Å². The number of aryl methyl sites for hydroxylation is 1. The van der Waals surface area contributed by atoms with Crippen LogP contribution in [0.15, 0.2) is 36.5 Å². The Balaban J connectivity index is 1.37. The average Bonchev–Trinajstić information content (AvgIpc) is 3.04. The van der Waals surface area contributed by atoms with Crippen LogP contribution in [-0.4, -0.2) is 67.0 Å². The topological polar surface area (TPSA) is 83.0 Å². The van der Waals surface area contributed by atoms with Gasteiger partial charge in [0.25, 0.3) is 0 Å². The number of rotatable bonds is 5. The lowest BCUT2D eigenvalue weighted by atomic mass is 10.1. The van der Waals surface area contributed by atoms with E-state index >= 15 is 0 Å². The van der Waals surface area contributed by atoms with Gasteiger partial charge in [0, 0.05) is 45.3 Å². The summed E-state index contributed by atoms with van der Waals surface area (Å²) in [6.45, 7) is 6.44. The number of aromatic nitrogens is 1. The quantitative estimate of drug-likeness (QED) is 0.628. The van der Waals surface area contributed by atoms with E-state index < -0.39 is 17.7 Å². The third-order valence-corrected chi connectivity index (χ3v) is 6.26. The van der Waals surface area contributed by atoms with Crippen LogP contribution in [-0.2, 0) is 14.3 Å². The molecule has 2 fully saturated rings. The third-order valence-electron chi connectivity index (χ3n) is 6.26. The van der Waals surface area contributed by atoms with E-state index in [9.17, 15) is 18.8 Å². The lowest BCUT2D eigenvalue weighted by Crippen LogP contribution is -2.40. The maximum atomic E-state index is 14.4. The molecule has 34 heavy (non-hydrogen) atoms. The van der Waals surface area contributed by atoms with E-state index in [1.807, 2.05) is 0 Å². The molecule has 1 atom stereocenters. The van der Waals surface area contributed by atoms with Crippen LogP contribution in [0.25, 0.3) is 0 Å². The van der Waals surface area contributed by atoms with Crippen molar-refractivity contribution in [2.75, 3.05) is 49.1 Å². The number of ether oxygens (including phenoxy) is 1. The fourth-order valence-corrected chi connectivity index (χ4v) is 4.47. The minimum absolute atomic E-state index is 0.0733. The van der Waals surface area contributed by atoms with Crippen molar-refractivity contribution >= 4 is 29.3 Å². The van der Waals surface area contributed by atoms with Gasteiger partial charge in [-0.05, 0) is 50.1 Å². The molecule has 0 bridgehead atoms. The maximum Gasteiger partial charge on any atom is 0.339 e. The van der Waals surface area contributed by atoms with Gasteiger partial charge < -0.3 is 19.4 Å². The zero-order chi connectivity index (χ0) is 24.2. The number of carbonyl (C=O) groups is 3. The molecule has 0 radical (unpaired) electrons. The molecule has 2 aliphatic rings. The van der Waals surface area contributed by atoms with Gasteiger partial charge in [0.2, 0.25) is 11.8 Å². The van der Waals surface area contributed by atoms with Gasteiger partial charge in [-0.2, -0.15) is 0 Å². The Kier molecular flexibility index (Phi) is 7.09. The number of nitrogens with zero attached hydrogens (tertiary/aromatic N) is 4. The maximum absolute atomic E-state index is 14.4. The highest BCUT2D eigenvalue weighted by Crippen LogP contribution is 2.29. The van der Waals surface area contributed by atoms with Gasteiger partial charge in [-0.1, -0.05) is 6.07 Å². The van der Waals surface area contributed by atoms with Crippen LogP contribution < -0.4 is 9.80 Å². The molecule has 9 heteroatoms.